The average Bonchev–Trinajstić information content (AvgIpc) is 2.53. The summed E-state index contributed by atoms with van der Waals surface area (Å²) >= 11 is 0. The number of nitrogens with two attached hydrogens (primary N) is 1. The van der Waals surface area contributed by atoms with Crippen molar-refractivity contribution in [2.24, 2.45) is 0 Å². The lowest BCUT2D eigenvalue weighted by molar-refractivity contribution is 0.629. The van der Waals surface area contributed by atoms with E-state index >= 15 is 0 Å². The molecule has 0 bridgehead atoms. The third kappa shape index (κ3) is 3.43. The Kier molecular flexibility index (Phi) is 5.18. The van der Waals surface area contributed by atoms with Crippen LogP contribution in [0.3, 0.4) is 0 Å². The largest absolute Gasteiger partial charge is 0.396 e. The van der Waals surface area contributed by atoms with E-state index in [9.17, 15) is 9.65 Å². The Morgan fingerprint density at radius 3 is 2.61 bits per heavy atom. The molecule has 0 amide bonds. The first-order valence-corrected chi connectivity index (χ1v) is 7.75. The summed E-state index contributed by atoms with van der Waals surface area (Å²) in [6.45, 7) is 5.96. The van der Waals surface area contributed by atoms with Crippen molar-refractivity contribution in [3.63, 3.8) is 0 Å². The van der Waals surface area contributed by atoms with Crippen LogP contribution in [0.15, 0.2) is 36.4 Å². The first kappa shape index (κ1) is 16.8. The van der Waals surface area contributed by atoms with Crippen LogP contribution in [0.4, 0.5) is 10.1 Å². The molecule has 0 saturated carbocycles. The summed E-state index contributed by atoms with van der Waals surface area (Å²) in [5.74, 6) is -0.409. The second-order valence-electron chi connectivity index (χ2n) is 5.71. The van der Waals surface area contributed by atoms with Crippen molar-refractivity contribution in [2.45, 2.75) is 33.6 Å². The van der Waals surface area contributed by atoms with Gasteiger partial charge in [0.1, 0.15) is 0 Å². The number of anilines is 1. The maximum Gasteiger partial charge on any atom is 0.153 e. The lowest BCUT2D eigenvalue weighted by Gasteiger charge is -2.15. The van der Waals surface area contributed by atoms with Gasteiger partial charge in [-0.1, -0.05) is 37.6 Å². The lowest BCUT2D eigenvalue weighted by atomic mass is 9.90. The van der Waals surface area contributed by atoms with Crippen LogP contribution in [0.2, 0.25) is 0 Å². The van der Waals surface area contributed by atoms with Crippen LogP contribution in [-0.2, 0) is 0 Å². The minimum absolute atomic E-state index is 0.134. The molecule has 2 aromatic rings. The van der Waals surface area contributed by atoms with E-state index in [2.05, 4.69) is 13.0 Å². The molecule has 0 heterocycles. The fourth-order valence-electron chi connectivity index (χ4n) is 2.67. The molecule has 2 rings (SSSR count). The Morgan fingerprint density at radius 2 is 1.96 bits per heavy atom. The molecule has 2 N–H and O–H groups in total. The van der Waals surface area contributed by atoms with Gasteiger partial charge < -0.3 is 5.73 Å². The minimum atomic E-state index is -0.409. The Bertz CT molecular complexity index is 798. The van der Waals surface area contributed by atoms with Gasteiger partial charge in [-0.25, -0.2) is 4.39 Å². The average molecular weight is 308 g/mol. The van der Waals surface area contributed by atoms with E-state index in [0.717, 1.165) is 35.1 Å². The van der Waals surface area contributed by atoms with Gasteiger partial charge in [0, 0.05) is 5.56 Å². The van der Waals surface area contributed by atoms with E-state index in [1.54, 1.807) is 18.2 Å². The van der Waals surface area contributed by atoms with Gasteiger partial charge in [0.05, 0.1) is 17.3 Å². The SMILES string of the molecule is CCC/C=C(\c1cc(C#N)c(C)cc1C)c1cccc(N)c1F. The predicted molar refractivity (Wildman–Crippen MR) is 93.4 cm³/mol. The minimum Gasteiger partial charge on any atom is -0.396 e. The van der Waals surface area contributed by atoms with Gasteiger partial charge in [-0.2, -0.15) is 5.26 Å². The second-order valence-corrected chi connectivity index (χ2v) is 5.71. The zero-order valence-corrected chi connectivity index (χ0v) is 13.8. The topological polar surface area (TPSA) is 49.8 Å². The second kappa shape index (κ2) is 7.11. The van der Waals surface area contributed by atoms with Crippen molar-refractivity contribution in [1.82, 2.24) is 0 Å². The molecule has 0 aliphatic heterocycles. The number of allylic oxidation sites excluding steroid dienone is 1. The highest BCUT2D eigenvalue weighted by Crippen LogP contribution is 2.32. The van der Waals surface area contributed by atoms with Gasteiger partial charge in [-0.05, 0) is 54.7 Å². The third-order valence-corrected chi connectivity index (χ3v) is 3.94. The Hall–Kier alpha value is -2.60. The highest BCUT2D eigenvalue weighted by atomic mass is 19.1. The normalized spacial score (nSPS) is 11.3. The molecule has 0 atom stereocenters. The molecular formula is C20H21FN2. The molecule has 3 heteroatoms. The van der Waals surface area contributed by atoms with Crippen molar-refractivity contribution in [2.75, 3.05) is 5.73 Å². The molecule has 0 unspecified atom stereocenters. The van der Waals surface area contributed by atoms with Crippen molar-refractivity contribution >= 4 is 11.3 Å². The van der Waals surface area contributed by atoms with E-state index in [0.29, 0.717) is 11.1 Å². The van der Waals surface area contributed by atoms with Crippen molar-refractivity contribution in [3.05, 3.63) is 70.0 Å². The van der Waals surface area contributed by atoms with E-state index < -0.39 is 5.82 Å². The van der Waals surface area contributed by atoms with E-state index in [1.165, 1.54) is 0 Å². The number of hydrogen-bond acceptors (Lipinski definition) is 2. The molecule has 2 nitrogen and oxygen atoms in total. The van der Waals surface area contributed by atoms with E-state index in [1.807, 2.05) is 32.1 Å². The van der Waals surface area contributed by atoms with Crippen LogP contribution in [0.5, 0.6) is 0 Å². The maximum atomic E-state index is 14.5. The summed E-state index contributed by atoms with van der Waals surface area (Å²) < 4.78 is 14.5. The van der Waals surface area contributed by atoms with Crippen LogP contribution in [0.1, 0.15) is 47.6 Å². The zero-order valence-electron chi connectivity index (χ0n) is 13.8. The molecule has 0 aromatic heterocycles. The van der Waals surface area contributed by atoms with Crippen LogP contribution < -0.4 is 5.73 Å². The summed E-state index contributed by atoms with van der Waals surface area (Å²) in [4.78, 5) is 0. The number of nitrogens with zero attached hydrogens (tertiary/aromatic N) is 1. The summed E-state index contributed by atoms with van der Waals surface area (Å²) in [5.41, 5.74) is 10.6. The van der Waals surface area contributed by atoms with Crippen LogP contribution in [0, 0.1) is 31.0 Å². The first-order valence-electron chi connectivity index (χ1n) is 7.75. The first-order chi connectivity index (χ1) is 11.0. The number of hydrogen-bond donors (Lipinski definition) is 1. The zero-order chi connectivity index (χ0) is 17.0. The predicted octanol–water partition coefficient (Wildman–Crippen LogP) is 5.13. The summed E-state index contributed by atoms with van der Waals surface area (Å²) in [6, 6.07) is 11.1. The van der Waals surface area contributed by atoms with E-state index in [-0.39, 0.29) is 5.69 Å². The third-order valence-electron chi connectivity index (χ3n) is 3.94. The molecule has 23 heavy (non-hydrogen) atoms. The molecular weight excluding hydrogens is 287 g/mol. The van der Waals surface area contributed by atoms with Crippen LogP contribution in [0.25, 0.3) is 5.57 Å². The molecule has 0 aliphatic carbocycles. The van der Waals surface area contributed by atoms with Crippen molar-refractivity contribution in [3.8, 4) is 6.07 Å². The number of aryl methyl sites for hydroxylation is 2. The number of benzene rings is 2. The summed E-state index contributed by atoms with van der Waals surface area (Å²) in [5, 5.41) is 9.30. The van der Waals surface area contributed by atoms with Crippen LogP contribution >= 0.6 is 0 Å². The van der Waals surface area contributed by atoms with Gasteiger partial charge in [0.15, 0.2) is 5.82 Å². The fraction of sp³-hybridized carbons (Fsp3) is 0.250. The summed E-state index contributed by atoms with van der Waals surface area (Å²) in [7, 11) is 0. The summed E-state index contributed by atoms with van der Waals surface area (Å²) in [6.07, 6.45) is 3.82. The highest BCUT2D eigenvalue weighted by Gasteiger charge is 2.15. The number of unbranched alkanes of at least 4 members (excludes halogenated alkanes) is 1. The molecule has 0 spiro atoms. The lowest BCUT2D eigenvalue weighted by Crippen LogP contribution is -2.00. The molecule has 2 aromatic carbocycles. The Balaban J connectivity index is 2.71. The molecule has 0 aliphatic rings. The number of rotatable bonds is 4. The van der Waals surface area contributed by atoms with Crippen LogP contribution in [-0.4, -0.2) is 0 Å². The van der Waals surface area contributed by atoms with Gasteiger partial charge in [0.25, 0.3) is 0 Å². The van der Waals surface area contributed by atoms with Gasteiger partial charge in [-0.3, -0.25) is 0 Å². The Labute approximate surface area is 137 Å². The van der Waals surface area contributed by atoms with Gasteiger partial charge in [0.2, 0.25) is 0 Å². The molecule has 0 fully saturated rings. The van der Waals surface area contributed by atoms with Gasteiger partial charge in [-0.15, -0.1) is 0 Å². The van der Waals surface area contributed by atoms with Gasteiger partial charge >= 0.3 is 0 Å². The smallest absolute Gasteiger partial charge is 0.153 e. The standard InChI is InChI=1S/C20H21FN2/c1-4-5-7-16(17-8-6-9-19(23)20(17)21)18-11-15(12-22)13(2)10-14(18)3/h6-11H,4-5,23H2,1-3H3/b16-7-. The number of halogens is 1. The highest BCUT2D eigenvalue weighted by molar-refractivity contribution is 5.83. The number of nitriles is 1. The quantitative estimate of drug-likeness (QED) is 0.796. The molecule has 118 valence electrons. The monoisotopic (exact) mass is 308 g/mol. The van der Waals surface area contributed by atoms with Crippen molar-refractivity contribution < 1.29 is 4.39 Å². The fourth-order valence-corrected chi connectivity index (χ4v) is 2.67. The molecule has 0 saturated heterocycles. The van der Waals surface area contributed by atoms with E-state index in [4.69, 9.17) is 5.73 Å². The Morgan fingerprint density at radius 1 is 1.22 bits per heavy atom. The number of nitrogen functional groups attached to an aromatic ring is 1. The maximum absolute atomic E-state index is 14.5. The van der Waals surface area contributed by atoms with Crippen molar-refractivity contribution in [1.29, 1.82) is 5.26 Å². The molecule has 0 radical (unpaired) electrons.